The van der Waals surface area contributed by atoms with Gasteiger partial charge in [-0.3, -0.25) is 4.98 Å². The molecule has 2 aromatic rings. The number of nitrogens with zero attached hydrogens (tertiary/aromatic N) is 1. The third-order valence-electron chi connectivity index (χ3n) is 3.23. The fraction of sp³-hybridized carbons (Fsp3) is 0.143. The van der Waals surface area contributed by atoms with Crippen molar-refractivity contribution in [1.29, 1.82) is 0 Å². The van der Waals surface area contributed by atoms with Crippen molar-refractivity contribution < 1.29 is 9.90 Å². The van der Waals surface area contributed by atoms with Crippen molar-refractivity contribution in [3.05, 3.63) is 51.7 Å². The lowest BCUT2D eigenvalue weighted by atomic mass is 10.1. The van der Waals surface area contributed by atoms with Crippen molar-refractivity contribution in [2.75, 3.05) is 0 Å². The summed E-state index contributed by atoms with van der Waals surface area (Å²) >= 11 is 5.96. The van der Waals surface area contributed by atoms with Crippen molar-refractivity contribution >= 4 is 17.6 Å². The molecule has 1 heterocycles. The number of hydrogen-bond donors (Lipinski definition) is 1. The van der Waals surface area contributed by atoms with E-state index >= 15 is 0 Å². The quantitative estimate of drug-likeness (QED) is 0.729. The highest BCUT2D eigenvalue weighted by molar-refractivity contribution is 6.30. The van der Waals surface area contributed by atoms with Gasteiger partial charge in [-0.2, -0.15) is 0 Å². The van der Waals surface area contributed by atoms with Gasteiger partial charge in [0, 0.05) is 17.0 Å². The van der Waals surface area contributed by atoms with Crippen molar-refractivity contribution in [3.63, 3.8) is 0 Å². The Kier molecular flexibility index (Phi) is 2.38. The van der Waals surface area contributed by atoms with Gasteiger partial charge in [-0.25, -0.2) is 4.79 Å². The Labute approximate surface area is 109 Å². The molecule has 90 valence electrons. The molecule has 1 N–H and O–H groups in total. The average Bonchev–Trinajstić information content (AvgIpc) is 2.64. The van der Waals surface area contributed by atoms with Crippen LogP contribution in [0.15, 0.2) is 24.3 Å². The molecule has 0 radical (unpaired) electrons. The maximum absolute atomic E-state index is 11.1. The number of aryl methyl sites for hydroxylation is 1. The summed E-state index contributed by atoms with van der Waals surface area (Å²) in [4.78, 5) is 15.5. The number of rotatable bonds is 1. The number of pyridine rings is 1. The highest BCUT2D eigenvalue weighted by Crippen LogP contribution is 2.37. The zero-order valence-electron chi connectivity index (χ0n) is 9.70. The van der Waals surface area contributed by atoms with Gasteiger partial charge in [0.25, 0.3) is 0 Å². The number of aromatic nitrogens is 1. The Morgan fingerprint density at radius 1 is 1.33 bits per heavy atom. The number of hydrogen-bond acceptors (Lipinski definition) is 2. The smallest absolute Gasteiger partial charge is 0.337 e. The van der Waals surface area contributed by atoms with Gasteiger partial charge in [0.2, 0.25) is 0 Å². The van der Waals surface area contributed by atoms with Crippen LogP contribution in [-0.4, -0.2) is 16.1 Å². The van der Waals surface area contributed by atoms with Crippen LogP contribution in [0.4, 0.5) is 0 Å². The van der Waals surface area contributed by atoms with Crippen LogP contribution in [0.25, 0.3) is 11.3 Å². The van der Waals surface area contributed by atoms with Gasteiger partial charge in [0.15, 0.2) is 0 Å². The Bertz CT molecular complexity index is 680. The summed E-state index contributed by atoms with van der Waals surface area (Å²) in [7, 11) is 0. The van der Waals surface area contributed by atoms with E-state index in [4.69, 9.17) is 16.7 Å². The lowest BCUT2D eigenvalue weighted by molar-refractivity contribution is 0.0695. The van der Waals surface area contributed by atoms with E-state index < -0.39 is 5.97 Å². The summed E-state index contributed by atoms with van der Waals surface area (Å²) < 4.78 is 0. The van der Waals surface area contributed by atoms with Crippen LogP contribution in [0.1, 0.15) is 27.2 Å². The van der Waals surface area contributed by atoms with Crippen LogP contribution in [0.2, 0.25) is 5.02 Å². The average molecular weight is 260 g/mol. The van der Waals surface area contributed by atoms with Gasteiger partial charge in [-0.1, -0.05) is 17.7 Å². The summed E-state index contributed by atoms with van der Waals surface area (Å²) in [6.07, 6.45) is 0.693. The van der Waals surface area contributed by atoms with E-state index in [2.05, 4.69) is 4.98 Å². The van der Waals surface area contributed by atoms with Gasteiger partial charge >= 0.3 is 5.97 Å². The minimum absolute atomic E-state index is 0.271. The Morgan fingerprint density at radius 3 is 2.83 bits per heavy atom. The van der Waals surface area contributed by atoms with E-state index in [1.807, 2.05) is 18.2 Å². The van der Waals surface area contributed by atoms with Crippen LogP contribution in [0, 0.1) is 6.92 Å². The van der Waals surface area contributed by atoms with Gasteiger partial charge in [-0.15, -0.1) is 0 Å². The number of carboxylic acids is 1. The van der Waals surface area contributed by atoms with E-state index in [1.54, 1.807) is 13.0 Å². The van der Waals surface area contributed by atoms with E-state index in [0.29, 0.717) is 17.1 Å². The second-order valence-corrected chi connectivity index (χ2v) is 4.85. The van der Waals surface area contributed by atoms with E-state index in [0.717, 1.165) is 22.4 Å². The third kappa shape index (κ3) is 1.59. The third-order valence-corrected chi connectivity index (χ3v) is 3.46. The molecule has 0 saturated carbocycles. The SMILES string of the molecule is Cc1nc2c(cc1C(=O)O)Cc1cc(Cl)ccc1-2. The summed E-state index contributed by atoms with van der Waals surface area (Å²) in [6.45, 7) is 1.72. The van der Waals surface area contributed by atoms with Crippen LogP contribution < -0.4 is 0 Å². The number of fused-ring (bicyclic) bond motifs is 3. The molecule has 0 atom stereocenters. The second kappa shape index (κ2) is 3.82. The zero-order chi connectivity index (χ0) is 12.9. The van der Waals surface area contributed by atoms with E-state index in [-0.39, 0.29) is 5.56 Å². The second-order valence-electron chi connectivity index (χ2n) is 4.41. The van der Waals surface area contributed by atoms with Gasteiger partial charge in [0.05, 0.1) is 17.0 Å². The van der Waals surface area contributed by atoms with Crippen LogP contribution >= 0.6 is 11.6 Å². The highest BCUT2D eigenvalue weighted by atomic mass is 35.5. The molecule has 0 saturated heterocycles. The van der Waals surface area contributed by atoms with Crippen LogP contribution in [0.3, 0.4) is 0 Å². The van der Waals surface area contributed by atoms with Gasteiger partial charge in [0.1, 0.15) is 0 Å². The Balaban J connectivity index is 2.21. The number of halogens is 1. The first-order valence-electron chi connectivity index (χ1n) is 5.59. The molecule has 1 aromatic carbocycles. The molecule has 0 unspecified atom stereocenters. The molecular weight excluding hydrogens is 250 g/mol. The molecule has 18 heavy (non-hydrogen) atoms. The summed E-state index contributed by atoms with van der Waals surface area (Å²) in [5.74, 6) is -0.934. The molecule has 0 fully saturated rings. The largest absolute Gasteiger partial charge is 0.478 e. The summed E-state index contributed by atoms with van der Waals surface area (Å²) in [6, 6.07) is 7.40. The predicted molar refractivity (Wildman–Crippen MR) is 69.2 cm³/mol. The Morgan fingerprint density at radius 2 is 2.11 bits per heavy atom. The maximum Gasteiger partial charge on any atom is 0.337 e. The molecule has 0 amide bonds. The first-order chi connectivity index (χ1) is 8.56. The van der Waals surface area contributed by atoms with Crippen LogP contribution in [-0.2, 0) is 6.42 Å². The zero-order valence-corrected chi connectivity index (χ0v) is 10.5. The molecule has 4 heteroatoms. The molecule has 1 aromatic heterocycles. The first kappa shape index (κ1) is 11.2. The standard InChI is InChI=1S/C14H10ClNO2/c1-7-12(14(17)18)6-9-4-8-5-10(15)2-3-11(8)13(9)16-7/h2-3,5-6H,4H2,1H3,(H,17,18). The maximum atomic E-state index is 11.1. The topological polar surface area (TPSA) is 50.2 Å². The summed E-state index contributed by atoms with van der Waals surface area (Å²) in [5, 5.41) is 9.79. The number of carbonyl (C=O) groups is 1. The molecular formula is C14H10ClNO2. The molecule has 0 spiro atoms. The molecule has 0 bridgehead atoms. The fourth-order valence-corrected chi connectivity index (χ4v) is 2.57. The first-order valence-corrected chi connectivity index (χ1v) is 5.96. The number of aromatic carboxylic acids is 1. The van der Waals surface area contributed by atoms with E-state index in [1.165, 1.54) is 0 Å². The van der Waals surface area contributed by atoms with Crippen molar-refractivity contribution in [3.8, 4) is 11.3 Å². The minimum Gasteiger partial charge on any atom is -0.478 e. The van der Waals surface area contributed by atoms with Crippen molar-refractivity contribution in [1.82, 2.24) is 4.98 Å². The highest BCUT2D eigenvalue weighted by Gasteiger charge is 2.23. The summed E-state index contributed by atoms with van der Waals surface area (Å²) in [5.41, 5.74) is 4.80. The monoisotopic (exact) mass is 259 g/mol. The Hall–Kier alpha value is -1.87. The minimum atomic E-state index is -0.934. The molecule has 1 aliphatic rings. The van der Waals surface area contributed by atoms with Crippen molar-refractivity contribution in [2.24, 2.45) is 0 Å². The molecule has 1 aliphatic carbocycles. The van der Waals surface area contributed by atoms with Crippen molar-refractivity contribution in [2.45, 2.75) is 13.3 Å². The van der Waals surface area contributed by atoms with Gasteiger partial charge in [-0.05, 0) is 36.2 Å². The number of carboxylic acid groups (broad SMARTS) is 1. The molecule has 3 nitrogen and oxygen atoms in total. The fourth-order valence-electron chi connectivity index (χ4n) is 2.38. The van der Waals surface area contributed by atoms with E-state index in [9.17, 15) is 4.79 Å². The predicted octanol–water partition coefficient (Wildman–Crippen LogP) is 3.31. The molecule has 0 aliphatic heterocycles. The van der Waals surface area contributed by atoms with Gasteiger partial charge < -0.3 is 5.11 Å². The number of benzene rings is 1. The lowest BCUT2D eigenvalue weighted by Gasteiger charge is -2.05. The normalized spacial score (nSPS) is 12.1. The molecule has 3 rings (SSSR count). The van der Waals surface area contributed by atoms with Crippen LogP contribution in [0.5, 0.6) is 0 Å². The lowest BCUT2D eigenvalue weighted by Crippen LogP contribution is -2.03.